The lowest BCUT2D eigenvalue weighted by Gasteiger charge is -2.09. The molecule has 0 bridgehead atoms. The Morgan fingerprint density at radius 1 is 1.50 bits per heavy atom. The Labute approximate surface area is 94.8 Å². The largest absolute Gasteiger partial charge is 0.478 e. The van der Waals surface area contributed by atoms with Crippen molar-refractivity contribution in [2.45, 2.75) is 13.0 Å². The Bertz CT molecular complexity index is 437. The Morgan fingerprint density at radius 2 is 2.12 bits per heavy atom. The lowest BCUT2D eigenvalue weighted by molar-refractivity contribution is 0.0697. The van der Waals surface area contributed by atoms with Crippen LogP contribution in [0.15, 0.2) is 36.9 Å². The number of hydrogen-bond acceptors (Lipinski definition) is 2. The van der Waals surface area contributed by atoms with Crippen LogP contribution in [0.4, 0.5) is 5.69 Å². The van der Waals surface area contributed by atoms with Crippen LogP contribution in [0.2, 0.25) is 0 Å². The molecule has 0 saturated carbocycles. The summed E-state index contributed by atoms with van der Waals surface area (Å²) in [7, 11) is 0. The lowest BCUT2D eigenvalue weighted by atomic mass is 10.2. The summed E-state index contributed by atoms with van der Waals surface area (Å²) in [6, 6.07) is 6.54. The Hall–Kier alpha value is -2.21. The third-order valence-corrected chi connectivity index (χ3v) is 1.92. The summed E-state index contributed by atoms with van der Waals surface area (Å²) >= 11 is 0. The van der Waals surface area contributed by atoms with Gasteiger partial charge in [-0.05, 0) is 37.3 Å². The second-order valence-corrected chi connectivity index (χ2v) is 3.24. The zero-order chi connectivity index (χ0) is 12.0. The van der Waals surface area contributed by atoms with Crippen molar-refractivity contribution in [3.8, 4) is 11.8 Å². The zero-order valence-corrected chi connectivity index (χ0v) is 9.03. The van der Waals surface area contributed by atoms with Crippen molar-refractivity contribution in [2.24, 2.45) is 0 Å². The van der Waals surface area contributed by atoms with E-state index in [1.807, 2.05) is 6.92 Å². The minimum atomic E-state index is -0.925. The normalized spacial score (nSPS) is 10.8. The maximum absolute atomic E-state index is 10.6. The van der Waals surface area contributed by atoms with Gasteiger partial charge < -0.3 is 10.4 Å². The highest BCUT2D eigenvalue weighted by Crippen LogP contribution is 2.10. The predicted octanol–water partition coefficient (Wildman–Crippen LogP) is 2.37. The highest BCUT2D eigenvalue weighted by Gasteiger charge is 2.02. The Kier molecular flexibility index (Phi) is 4.16. The van der Waals surface area contributed by atoms with E-state index in [-0.39, 0.29) is 11.6 Å². The van der Waals surface area contributed by atoms with Gasteiger partial charge in [0.05, 0.1) is 11.6 Å². The van der Waals surface area contributed by atoms with Crippen molar-refractivity contribution >= 4 is 11.7 Å². The number of hydrogen-bond donors (Lipinski definition) is 2. The van der Waals surface area contributed by atoms with E-state index in [0.29, 0.717) is 0 Å². The summed E-state index contributed by atoms with van der Waals surface area (Å²) < 4.78 is 0. The van der Waals surface area contributed by atoms with E-state index >= 15 is 0 Å². The first-order chi connectivity index (χ1) is 7.63. The van der Waals surface area contributed by atoms with Crippen LogP contribution in [0, 0.1) is 11.8 Å². The van der Waals surface area contributed by atoms with Gasteiger partial charge in [-0.25, -0.2) is 4.79 Å². The number of carbonyl (C=O) groups is 1. The molecule has 0 aliphatic heterocycles. The number of carboxylic acid groups (broad SMARTS) is 1. The molecule has 3 nitrogen and oxygen atoms in total. The molecule has 0 spiro atoms. The molecule has 0 aliphatic carbocycles. The zero-order valence-electron chi connectivity index (χ0n) is 9.03. The van der Waals surface area contributed by atoms with Crippen LogP contribution in [0.3, 0.4) is 0 Å². The second kappa shape index (κ2) is 5.62. The summed E-state index contributed by atoms with van der Waals surface area (Å²) in [5.41, 5.74) is 1.12. The van der Waals surface area contributed by atoms with Gasteiger partial charge in [0, 0.05) is 5.69 Å². The van der Waals surface area contributed by atoms with Crippen molar-refractivity contribution in [2.75, 3.05) is 5.32 Å². The first kappa shape index (κ1) is 11.9. The van der Waals surface area contributed by atoms with Gasteiger partial charge in [-0.1, -0.05) is 18.4 Å². The van der Waals surface area contributed by atoms with Crippen LogP contribution in [-0.2, 0) is 0 Å². The van der Waals surface area contributed by atoms with Crippen LogP contribution < -0.4 is 5.32 Å². The highest BCUT2D eigenvalue weighted by molar-refractivity contribution is 5.88. The van der Waals surface area contributed by atoms with Crippen LogP contribution >= 0.6 is 0 Å². The fraction of sp³-hybridized carbons (Fsp3) is 0.154. The number of nitrogens with one attached hydrogen (secondary N) is 1. The summed E-state index contributed by atoms with van der Waals surface area (Å²) in [6.07, 6.45) is 1.53. The topological polar surface area (TPSA) is 49.3 Å². The molecule has 16 heavy (non-hydrogen) atoms. The van der Waals surface area contributed by atoms with E-state index in [2.05, 4.69) is 23.7 Å². The number of rotatable bonds is 3. The standard InChI is InChI=1S/C13H13NO2/c1-3-4-5-10(2)14-12-8-6-11(7-9-12)13(15)16/h3,6-10,14H,1H2,2H3,(H,15,16). The van der Waals surface area contributed by atoms with Gasteiger partial charge in [0.25, 0.3) is 0 Å². The highest BCUT2D eigenvalue weighted by atomic mass is 16.4. The van der Waals surface area contributed by atoms with Crippen LogP contribution in [0.5, 0.6) is 0 Å². The summed E-state index contributed by atoms with van der Waals surface area (Å²) in [6.45, 7) is 5.42. The monoisotopic (exact) mass is 215 g/mol. The van der Waals surface area contributed by atoms with Crippen molar-refractivity contribution in [3.05, 3.63) is 42.5 Å². The van der Waals surface area contributed by atoms with E-state index in [4.69, 9.17) is 5.11 Å². The van der Waals surface area contributed by atoms with Crippen molar-refractivity contribution < 1.29 is 9.90 Å². The Morgan fingerprint density at radius 3 is 2.62 bits per heavy atom. The van der Waals surface area contributed by atoms with E-state index in [1.165, 1.54) is 6.08 Å². The van der Waals surface area contributed by atoms with Gasteiger partial charge in [0.1, 0.15) is 0 Å². The molecule has 82 valence electrons. The predicted molar refractivity (Wildman–Crippen MR) is 64.5 cm³/mol. The van der Waals surface area contributed by atoms with Crippen LogP contribution in [0.1, 0.15) is 17.3 Å². The molecular weight excluding hydrogens is 202 g/mol. The molecule has 0 fully saturated rings. The minimum Gasteiger partial charge on any atom is -0.478 e. The van der Waals surface area contributed by atoms with Gasteiger partial charge in [-0.2, -0.15) is 0 Å². The number of allylic oxidation sites excluding steroid dienone is 1. The number of benzene rings is 1. The molecule has 0 amide bonds. The van der Waals surface area contributed by atoms with E-state index in [1.54, 1.807) is 24.3 Å². The van der Waals surface area contributed by atoms with Gasteiger partial charge >= 0.3 is 5.97 Å². The fourth-order valence-electron chi connectivity index (χ4n) is 1.18. The van der Waals surface area contributed by atoms with Crippen LogP contribution in [0.25, 0.3) is 0 Å². The smallest absolute Gasteiger partial charge is 0.335 e. The van der Waals surface area contributed by atoms with Gasteiger partial charge in [0.2, 0.25) is 0 Å². The molecule has 0 aromatic heterocycles. The number of carboxylic acids is 1. The van der Waals surface area contributed by atoms with Crippen LogP contribution in [-0.4, -0.2) is 17.1 Å². The third kappa shape index (κ3) is 3.50. The molecule has 1 rings (SSSR count). The van der Waals surface area contributed by atoms with Crippen molar-refractivity contribution in [1.82, 2.24) is 0 Å². The molecule has 1 aromatic carbocycles. The number of aromatic carboxylic acids is 1. The molecular formula is C13H13NO2. The maximum Gasteiger partial charge on any atom is 0.335 e. The molecule has 0 saturated heterocycles. The molecule has 1 unspecified atom stereocenters. The minimum absolute atomic E-state index is 0.00585. The molecule has 2 N–H and O–H groups in total. The van der Waals surface area contributed by atoms with E-state index in [0.717, 1.165) is 5.69 Å². The number of anilines is 1. The molecule has 3 heteroatoms. The molecule has 0 aliphatic rings. The van der Waals surface area contributed by atoms with Crippen molar-refractivity contribution in [3.63, 3.8) is 0 Å². The van der Waals surface area contributed by atoms with Gasteiger partial charge in [0.15, 0.2) is 0 Å². The first-order valence-corrected chi connectivity index (χ1v) is 4.85. The summed E-state index contributed by atoms with van der Waals surface area (Å²) in [5, 5.41) is 11.8. The maximum atomic E-state index is 10.6. The first-order valence-electron chi connectivity index (χ1n) is 4.85. The molecule has 0 radical (unpaired) electrons. The summed E-state index contributed by atoms with van der Waals surface area (Å²) in [4.78, 5) is 10.6. The quantitative estimate of drug-likeness (QED) is 0.761. The Balaban J connectivity index is 2.68. The van der Waals surface area contributed by atoms with Crippen molar-refractivity contribution in [1.29, 1.82) is 0 Å². The third-order valence-electron chi connectivity index (χ3n) is 1.92. The second-order valence-electron chi connectivity index (χ2n) is 3.24. The summed E-state index contributed by atoms with van der Waals surface area (Å²) in [5.74, 6) is 4.75. The molecule has 1 atom stereocenters. The fourth-order valence-corrected chi connectivity index (χ4v) is 1.18. The SMILES string of the molecule is C=CC#CC(C)Nc1ccc(C(=O)O)cc1. The van der Waals surface area contributed by atoms with E-state index < -0.39 is 5.97 Å². The molecule has 1 aromatic rings. The van der Waals surface area contributed by atoms with Gasteiger partial charge in [-0.15, -0.1) is 0 Å². The lowest BCUT2D eigenvalue weighted by Crippen LogP contribution is -2.12. The van der Waals surface area contributed by atoms with E-state index in [9.17, 15) is 4.79 Å². The molecule has 0 heterocycles. The average Bonchev–Trinajstić information content (AvgIpc) is 2.27. The van der Waals surface area contributed by atoms with Gasteiger partial charge in [-0.3, -0.25) is 0 Å². The average molecular weight is 215 g/mol.